The summed E-state index contributed by atoms with van der Waals surface area (Å²) >= 11 is 0. The summed E-state index contributed by atoms with van der Waals surface area (Å²) in [7, 11) is 0. The number of ether oxygens (including phenoxy) is 2. The molecule has 1 saturated heterocycles. The summed E-state index contributed by atoms with van der Waals surface area (Å²) in [6.07, 6.45) is 11.0. The molecule has 9 atom stereocenters. The van der Waals surface area contributed by atoms with Gasteiger partial charge in [0.2, 0.25) is 0 Å². The number of hydrogen-bond donors (Lipinski definition) is 0. The predicted molar refractivity (Wildman–Crippen MR) is 113 cm³/mol. The van der Waals surface area contributed by atoms with Gasteiger partial charge in [-0.1, -0.05) is 30.6 Å². The van der Waals surface area contributed by atoms with Crippen LogP contribution in [0.3, 0.4) is 0 Å². The topological polar surface area (TPSA) is 67.2 Å². The molecule has 0 aromatic heterocycles. The maximum atomic E-state index is 9.01. The van der Waals surface area contributed by atoms with Gasteiger partial charge >= 0.3 is 0 Å². The van der Waals surface area contributed by atoms with Crippen molar-refractivity contribution in [3.8, 4) is 0 Å². The second-order valence-corrected chi connectivity index (χ2v) is 11.4. The van der Waals surface area contributed by atoms with Crippen LogP contribution in [-0.2, 0) is 9.47 Å². The van der Waals surface area contributed by atoms with Crippen molar-refractivity contribution >= 4 is 0 Å². The Morgan fingerprint density at radius 2 is 1.76 bits per heavy atom. The highest BCUT2D eigenvalue weighted by atomic mass is 16.8. The van der Waals surface area contributed by atoms with Gasteiger partial charge in [-0.3, -0.25) is 0 Å². The average Bonchev–Trinajstić information content (AvgIpc) is 3.18. The van der Waals surface area contributed by atoms with E-state index in [2.05, 4.69) is 50.7 Å². The smallest absolute Gasteiger partial charge is 0.163 e. The fraction of sp³-hybridized carbons (Fsp3) is 0.917. The van der Waals surface area contributed by atoms with Gasteiger partial charge in [-0.2, -0.15) is 0 Å². The zero-order chi connectivity index (χ0) is 20.6. The molecule has 4 aliphatic carbocycles. The van der Waals surface area contributed by atoms with Crippen molar-refractivity contribution < 1.29 is 9.47 Å². The number of fused-ring (bicyclic) bond motifs is 8. The highest BCUT2D eigenvalue weighted by Gasteiger charge is 2.67. The largest absolute Gasteiger partial charge is 0.344 e. The molecule has 5 fully saturated rings. The number of hydrogen-bond acceptors (Lipinski definition) is 3. The molecule has 160 valence electrons. The van der Waals surface area contributed by atoms with Crippen LogP contribution >= 0.6 is 0 Å². The van der Waals surface area contributed by atoms with E-state index in [-0.39, 0.29) is 23.7 Å². The van der Waals surface area contributed by atoms with Gasteiger partial charge in [-0.15, -0.1) is 0 Å². The monoisotopic (exact) mass is 399 g/mol. The molecule has 0 radical (unpaired) electrons. The van der Waals surface area contributed by atoms with Crippen molar-refractivity contribution in [2.45, 2.75) is 104 Å². The third-order valence-electron chi connectivity index (χ3n) is 9.92. The summed E-state index contributed by atoms with van der Waals surface area (Å²) in [6.45, 7) is 11.4. The Balaban J connectivity index is 1.57. The van der Waals surface area contributed by atoms with Crippen molar-refractivity contribution in [2.24, 2.45) is 39.6 Å². The van der Waals surface area contributed by atoms with E-state index in [0.29, 0.717) is 29.1 Å². The van der Waals surface area contributed by atoms with E-state index in [1.807, 2.05) is 0 Å². The Kier molecular flexibility index (Phi) is 4.45. The molecular weight excluding hydrogens is 362 g/mol. The van der Waals surface area contributed by atoms with Gasteiger partial charge in [-0.25, -0.2) is 0 Å². The van der Waals surface area contributed by atoms with E-state index in [4.69, 9.17) is 15.0 Å². The lowest BCUT2D eigenvalue weighted by atomic mass is 9.43. The normalized spacial score (nSPS) is 54.1. The highest BCUT2D eigenvalue weighted by molar-refractivity contribution is 5.25. The summed E-state index contributed by atoms with van der Waals surface area (Å²) in [4.78, 5) is 3.13. The minimum atomic E-state index is -0.521. The minimum absolute atomic E-state index is 0.109. The molecule has 5 heteroatoms. The first-order chi connectivity index (χ1) is 13.7. The Morgan fingerprint density at radius 3 is 2.48 bits per heavy atom. The standard InChI is InChI=1S/C24H37N3O2/c1-6-14-7-8-16-19-17(10-12-23(14,16)4)24(5)11-9-15(26-27-25)13-18(24)20-21(19)29-22(2,3)28-20/h6,15-21H,7-13H2,1-5H3/b14-6+/t15-,16?,17?,18?,19?,20+,21+,23+,24+/m0/s1. The summed E-state index contributed by atoms with van der Waals surface area (Å²) < 4.78 is 13.3. The molecule has 0 spiro atoms. The molecule has 4 unspecified atom stereocenters. The summed E-state index contributed by atoms with van der Waals surface area (Å²) in [5.41, 5.74) is 11.3. The highest BCUT2D eigenvalue weighted by Crippen LogP contribution is 2.69. The maximum Gasteiger partial charge on any atom is 0.163 e. The zero-order valence-electron chi connectivity index (χ0n) is 18.7. The Hall–Kier alpha value is -1.03. The predicted octanol–water partition coefficient (Wildman–Crippen LogP) is 6.39. The van der Waals surface area contributed by atoms with Crippen LogP contribution < -0.4 is 0 Å². The average molecular weight is 400 g/mol. The molecule has 1 aliphatic heterocycles. The van der Waals surface area contributed by atoms with E-state index in [9.17, 15) is 0 Å². The van der Waals surface area contributed by atoms with Gasteiger partial charge < -0.3 is 9.47 Å². The van der Waals surface area contributed by atoms with Crippen LogP contribution in [-0.4, -0.2) is 24.0 Å². The summed E-state index contributed by atoms with van der Waals surface area (Å²) in [6, 6.07) is 0.109. The van der Waals surface area contributed by atoms with Crippen LogP contribution in [0.15, 0.2) is 16.8 Å². The molecule has 0 N–H and O–H groups in total. The second-order valence-electron chi connectivity index (χ2n) is 11.4. The van der Waals surface area contributed by atoms with E-state index in [0.717, 1.165) is 19.3 Å². The van der Waals surface area contributed by atoms with Crippen LogP contribution in [0, 0.1) is 34.5 Å². The molecule has 0 aromatic carbocycles. The lowest BCUT2D eigenvalue weighted by Gasteiger charge is -2.63. The lowest BCUT2D eigenvalue weighted by Crippen LogP contribution is -2.63. The van der Waals surface area contributed by atoms with Crippen LogP contribution in [0.2, 0.25) is 0 Å². The second kappa shape index (κ2) is 6.48. The van der Waals surface area contributed by atoms with E-state index < -0.39 is 5.79 Å². The Bertz CT molecular complexity index is 772. The number of nitrogens with zero attached hydrogens (tertiary/aromatic N) is 3. The number of rotatable bonds is 1. The number of allylic oxidation sites excluding steroid dienone is 2. The molecule has 0 aromatic rings. The van der Waals surface area contributed by atoms with Crippen LogP contribution in [0.4, 0.5) is 0 Å². The molecule has 4 saturated carbocycles. The van der Waals surface area contributed by atoms with E-state index in [1.165, 1.54) is 25.7 Å². The van der Waals surface area contributed by atoms with Gasteiger partial charge in [-0.05, 0) is 106 Å². The molecule has 29 heavy (non-hydrogen) atoms. The van der Waals surface area contributed by atoms with Crippen molar-refractivity contribution in [3.05, 3.63) is 22.1 Å². The molecule has 5 rings (SSSR count). The lowest BCUT2D eigenvalue weighted by molar-refractivity contribution is -0.173. The zero-order valence-corrected chi connectivity index (χ0v) is 18.7. The SMILES string of the molecule is C/C=C1\CCC2C3C(CC[C@]12C)[C@@]1(C)CC[C@H](N=[N+]=[N-])CC1[C@H]1OC(C)(C)O[C@H]31. The van der Waals surface area contributed by atoms with Gasteiger partial charge in [0.15, 0.2) is 5.79 Å². The van der Waals surface area contributed by atoms with Gasteiger partial charge in [0, 0.05) is 11.0 Å². The van der Waals surface area contributed by atoms with Gasteiger partial charge in [0.05, 0.1) is 12.2 Å². The Morgan fingerprint density at radius 1 is 1.00 bits per heavy atom. The molecule has 1 heterocycles. The molecule has 5 nitrogen and oxygen atoms in total. The molecule has 0 amide bonds. The summed E-state index contributed by atoms with van der Waals surface area (Å²) in [5, 5.41) is 4.12. The fourth-order valence-electron chi connectivity index (χ4n) is 8.66. The summed E-state index contributed by atoms with van der Waals surface area (Å²) in [5.74, 6) is 1.87. The van der Waals surface area contributed by atoms with E-state index >= 15 is 0 Å². The minimum Gasteiger partial charge on any atom is -0.344 e. The first-order valence-electron chi connectivity index (χ1n) is 11.8. The van der Waals surface area contributed by atoms with Gasteiger partial charge in [0.25, 0.3) is 0 Å². The van der Waals surface area contributed by atoms with E-state index in [1.54, 1.807) is 5.57 Å². The maximum absolute atomic E-state index is 9.01. The molecular formula is C24H37N3O2. The van der Waals surface area contributed by atoms with Crippen molar-refractivity contribution in [1.29, 1.82) is 0 Å². The molecule has 0 bridgehead atoms. The third kappa shape index (κ3) is 2.70. The third-order valence-corrected chi connectivity index (χ3v) is 9.92. The van der Waals surface area contributed by atoms with Crippen molar-refractivity contribution in [3.63, 3.8) is 0 Å². The van der Waals surface area contributed by atoms with Crippen LogP contribution in [0.1, 0.15) is 79.6 Å². The van der Waals surface area contributed by atoms with Gasteiger partial charge in [0.1, 0.15) is 0 Å². The van der Waals surface area contributed by atoms with Crippen molar-refractivity contribution in [1.82, 2.24) is 0 Å². The molecule has 5 aliphatic rings. The first kappa shape index (κ1) is 19.9. The van der Waals surface area contributed by atoms with Crippen LogP contribution in [0.25, 0.3) is 10.4 Å². The first-order valence-corrected chi connectivity index (χ1v) is 11.8. The van der Waals surface area contributed by atoms with Crippen LogP contribution in [0.5, 0.6) is 0 Å². The fourth-order valence-corrected chi connectivity index (χ4v) is 8.66. The quantitative estimate of drug-likeness (QED) is 0.222. The Labute approximate surface area is 175 Å². The van der Waals surface area contributed by atoms with Crippen molar-refractivity contribution in [2.75, 3.05) is 0 Å². The number of azide groups is 1.